The van der Waals surface area contributed by atoms with Crippen LogP contribution >= 0.6 is 11.6 Å². The van der Waals surface area contributed by atoms with Gasteiger partial charge < -0.3 is 29.7 Å². The van der Waals surface area contributed by atoms with Crippen molar-refractivity contribution in [3.8, 4) is 23.3 Å². The minimum Gasteiger partial charge on any atom is -0.455 e. The number of amides is 4. The number of piperidine rings is 2. The molecule has 6 aromatic rings. The van der Waals surface area contributed by atoms with Gasteiger partial charge in [-0.15, -0.1) is 0 Å². The number of nitrogens with one attached hydrogen (secondary N) is 4. The summed E-state index contributed by atoms with van der Waals surface area (Å²) in [6.07, 6.45) is 9.18. The Bertz CT molecular complexity index is 3740. The lowest BCUT2D eigenvalue weighted by atomic mass is 9.72. The van der Waals surface area contributed by atoms with E-state index in [0.29, 0.717) is 61.5 Å². The Morgan fingerprint density at radius 3 is 2.48 bits per heavy atom. The van der Waals surface area contributed by atoms with E-state index < -0.39 is 43.4 Å². The molecule has 5 aliphatic rings. The van der Waals surface area contributed by atoms with Crippen molar-refractivity contribution in [2.45, 2.75) is 82.7 Å². The number of halogens is 1. The average Bonchev–Trinajstić information content (AvgIpc) is 4.25. The molecule has 4 amide bonds. The number of fused-ring (bicyclic) bond motifs is 2. The zero-order valence-electron chi connectivity index (χ0n) is 46.3. The van der Waals surface area contributed by atoms with Crippen LogP contribution in [0, 0.1) is 33.3 Å². The predicted octanol–water partition coefficient (Wildman–Crippen LogP) is 9.15. The van der Waals surface area contributed by atoms with Gasteiger partial charge in [-0.25, -0.2) is 18.1 Å². The number of ether oxygens (including phenoxy) is 1. The maximum absolute atomic E-state index is 14.1. The summed E-state index contributed by atoms with van der Waals surface area (Å²) >= 11 is 6.27. The van der Waals surface area contributed by atoms with Crippen LogP contribution in [0.2, 0.25) is 5.02 Å². The summed E-state index contributed by atoms with van der Waals surface area (Å²) in [6.45, 7) is 11.6. The zero-order chi connectivity index (χ0) is 58.0. The van der Waals surface area contributed by atoms with Gasteiger partial charge in [0.1, 0.15) is 28.9 Å². The molecule has 0 spiro atoms. The first kappa shape index (κ1) is 56.8. The van der Waals surface area contributed by atoms with Crippen molar-refractivity contribution in [1.82, 2.24) is 34.7 Å². The standard InChI is InChI=1S/C62H65ClN10O9S/c1-62(2)22-18-45(52(35-62)42-8-10-46(63)11-9-42)38-70-27-29-71(30-28-70)47-12-14-50(56(33-47)82-48-32-43-19-23-64-58(43)66-37-48)59(75)68-83(80,81)49-13-15-53(55(34-49)73(78)79)65-36-41-20-25-69(26-21-41)24-4-3-5-40-6-7-44-39-72(61(77)51(44)31-40)54-16-17-57(74)67-60(54)76/h6-15,19,23,31-34,37,41,54,65H,4,16-18,20-22,24-30,35-36,38-39H2,1-2H3,(H,64,66)(H,68,75)(H,67,74,76). The van der Waals surface area contributed by atoms with Gasteiger partial charge in [-0.2, -0.15) is 0 Å². The van der Waals surface area contributed by atoms with Gasteiger partial charge in [-0.1, -0.05) is 61.1 Å². The van der Waals surface area contributed by atoms with E-state index in [4.69, 9.17) is 16.3 Å². The van der Waals surface area contributed by atoms with Crippen molar-refractivity contribution in [2.24, 2.45) is 11.3 Å². The SMILES string of the molecule is CC1(C)CCC(CN2CCN(c3ccc(C(=O)NS(=O)(=O)c4ccc(NCC5CCN(CCC#Cc6ccc7c(c6)C(=O)N(C6CCC(=O)NC6=O)C7)CC5)c([N+](=O)[O-])c4)c(Oc4cnc5[nH]ccc5c4)c3)CC2)=C(c2ccc(Cl)cc2)C1. The van der Waals surface area contributed by atoms with E-state index in [0.717, 1.165) is 99.1 Å². The summed E-state index contributed by atoms with van der Waals surface area (Å²) in [5.41, 5.74) is 7.41. The molecule has 1 atom stereocenters. The van der Waals surface area contributed by atoms with Gasteiger partial charge in [-0.3, -0.25) is 39.5 Å². The van der Waals surface area contributed by atoms with Gasteiger partial charge in [0, 0.05) is 111 Å². The summed E-state index contributed by atoms with van der Waals surface area (Å²) in [5, 5.41) is 19.5. The van der Waals surface area contributed by atoms with Crippen LogP contribution in [0.3, 0.4) is 0 Å². The largest absolute Gasteiger partial charge is 0.455 e. The van der Waals surface area contributed by atoms with Crippen molar-refractivity contribution < 1.29 is 37.3 Å². The van der Waals surface area contributed by atoms with Gasteiger partial charge in [0.05, 0.1) is 21.6 Å². The number of aromatic nitrogens is 2. The van der Waals surface area contributed by atoms with E-state index in [-0.39, 0.29) is 46.6 Å². The fourth-order valence-electron chi connectivity index (χ4n) is 11.9. The number of imide groups is 1. The molecule has 6 heterocycles. The molecule has 0 saturated carbocycles. The summed E-state index contributed by atoms with van der Waals surface area (Å²) in [4.78, 5) is 78.8. The molecule has 3 fully saturated rings. The third-order valence-electron chi connectivity index (χ3n) is 16.6. The second-order valence-electron chi connectivity index (χ2n) is 22.9. The number of carbonyl (C=O) groups excluding carboxylic acids is 4. The van der Waals surface area contributed by atoms with Gasteiger partial charge in [0.2, 0.25) is 11.8 Å². The van der Waals surface area contributed by atoms with Crippen molar-refractivity contribution in [1.29, 1.82) is 0 Å². The minimum atomic E-state index is -4.63. The summed E-state index contributed by atoms with van der Waals surface area (Å²) in [5.74, 6) is 5.03. The number of pyridine rings is 1. The third-order valence-corrected chi connectivity index (χ3v) is 18.2. The number of hydrogen-bond acceptors (Lipinski definition) is 14. The Balaban J connectivity index is 0.698. The molecule has 3 saturated heterocycles. The Morgan fingerprint density at radius 2 is 1.71 bits per heavy atom. The normalized spacial score (nSPS) is 18.8. The highest BCUT2D eigenvalue weighted by Gasteiger charge is 2.39. The molecule has 1 aliphatic carbocycles. The molecule has 0 bridgehead atoms. The number of hydrogen-bond donors (Lipinski definition) is 4. The number of nitrogens with zero attached hydrogens (tertiary/aromatic N) is 6. The third kappa shape index (κ3) is 13.1. The molecule has 4 aromatic carbocycles. The lowest BCUT2D eigenvalue weighted by Crippen LogP contribution is -2.52. The van der Waals surface area contributed by atoms with E-state index >= 15 is 0 Å². The number of aromatic amines is 1. The molecule has 1 unspecified atom stereocenters. The van der Waals surface area contributed by atoms with Gasteiger partial charge in [0.15, 0.2) is 0 Å². The number of sulfonamides is 1. The second kappa shape index (κ2) is 24.0. The first-order valence-electron chi connectivity index (χ1n) is 28.2. The van der Waals surface area contributed by atoms with Crippen LogP contribution in [0.5, 0.6) is 11.5 Å². The van der Waals surface area contributed by atoms with E-state index in [1.165, 1.54) is 46.0 Å². The van der Waals surface area contributed by atoms with Gasteiger partial charge >= 0.3 is 0 Å². The maximum Gasteiger partial charge on any atom is 0.293 e. The average molecular weight is 1160 g/mol. The van der Waals surface area contributed by atoms with E-state index in [1.807, 2.05) is 30.3 Å². The lowest BCUT2D eigenvalue weighted by molar-refractivity contribution is -0.384. The number of allylic oxidation sites excluding steroid dienone is 1. The number of carbonyl (C=O) groups is 4. The van der Waals surface area contributed by atoms with Crippen molar-refractivity contribution in [3.63, 3.8) is 0 Å². The molecule has 4 aliphatic heterocycles. The quantitative estimate of drug-likeness (QED) is 0.0306. The van der Waals surface area contributed by atoms with Crippen LogP contribution in [-0.4, -0.2) is 127 Å². The van der Waals surface area contributed by atoms with Crippen molar-refractivity contribution in [3.05, 3.63) is 152 Å². The van der Waals surface area contributed by atoms with Gasteiger partial charge in [-0.05, 0) is 140 Å². The lowest BCUT2D eigenvalue weighted by Gasteiger charge is -2.39. The van der Waals surface area contributed by atoms with Crippen molar-refractivity contribution >= 4 is 78.9 Å². The zero-order valence-corrected chi connectivity index (χ0v) is 47.9. The predicted molar refractivity (Wildman–Crippen MR) is 317 cm³/mol. The Morgan fingerprint density at radius 1 is 0.916 bits per heavy atom. The number of H-pyrrole nitrogens is 1. The number of anilines is 2. The smallest absolute Gasteiger partial charge is 0.293 e. The second-order valence-corrected chi connectivity index (χ2v) is 25.0. The fourth-order valence-corrected chi connectivity index (χ4v) is 13.0. The number of nitro benzene ring substituents is 1. The number of likely N-dealkylation sites (tertiary alicyclic amines) is 1. The fraction of sp³-hybridized carbons (Fsp3) is 0.371. The Labute approximate surface area is 487 Å². The monoisotopic (exact) mass is 1160 g/mol. The molecule has 19 nitrogen and oxygen atoms in total. The van der Waals surface area contributed by atoms with Crippen LogP contribution in [-0.2, 0) is 26.2 Å². The number of benzene rings is 4. The van der Waals surface area contributed by atoms with Gasteiger partial charge in [0.25, 0.3) is 27.5 Å². The Hall–Kier alpha value is -8.09. The summed E-state index contributed by atoms with van der Waals surface area (Å²) in [6, 6.07) is 25.2. The van der Waals surface area contributed by atoms with Crippen LogP contribution in [0.1, 0.15) is 103 Å². The molecule has 4 N–H and O–H groups in total. The summed E-state index contributed by atoms with van der Waals surface area (Å²) < 4.78 is 36.4. The first-order valence-corrected chi connectivity index (χ1v) is 30.1. The van der Waals surface area contributed by atoms with E-state index in [1.54, 1.807) is 30.5 Å². The van der Waals surface area contributed by atoms with E-state index in [9.17, 15) is 37.7 Å². The highest BCUT2D eigenvalue weighted by molar-refractivity contribution is 7.90. The highest BCUT2D eigenvalue weighted by Crippen LogP contribution is 2.44. The summed E-state index contributed by atoms with van der Waals surface area (Å²) in [7, 11) is -4.63. The highest BCUT2D eigenvalue weighted by atomic mass is 35.5. The van der Waals surface area contributed by atoms with Crippen LogP contribution in [0.25, 0.3) is 16.6 Å². The molecule has 21 heteroatoms. The Kier molecular flexibility index (Phi) is 16.4. The molecule has 11 rings (SSSR count). The molecular formula is C62H65ClN10O9S. The van der Waals surface area contributed by atoms with Crippen LogP contribution in [0.4, 0.5) is 17.1 Å². The van der Waals surface area contributed by atoms with E-state index in [2.05, 4.69) is 77.8 Å². The molecule has 430 valence electrons. The van der Waals surface area contributed by atoms with Crippen LogP contribution < -0.4 is 25.0 Å². The topological polar surface area (TPSA) is 233 Å². The molecule has 0 radical (unpaired) electrons. The minimum absolute atomic E-state index is 0.0599. The number of nitro groups is 1. The molecular weight excluding hydrogens is 1100 g/mol. The van der Waals surface area contributed by atoms with Crippen LogP contribution in [0.15, 0.2) is 114 Å². The maximum atomic E-state index is 14.1. The molecule has 83 heavy (non-hydrogen) atoms. The number of rotatable bonds is 16. The molecule has 2 aromatic heterocycles. The first-order chi connectivity index (χ1) is 39.9. The van der Waals surface area contributed by atoms with Crippen molar-refractivity contribution in [2.75, 3.05) is 69.1 Å². The number of piperazine rings is 1.